The van der Waals surface area contributed by atoms with Gasteiger partial charge in [0.2, 0.25) is 10.0 Å². The zero-order valence-corrected chi connectivity index (χ0v) is 23.9. The SMILES string of the molecule is CCOC(=O)[C@H](CCNS(C)(=O)=O)C[C@@H](Cc1ccc(-c2cc(Cl)ccc2F)cc1)NC(=O)OC(C)(C)C. The van der Waals surface area contributed by atoms with Gasteiger partial charge in [0.1, 0.15) is 11.4 Å². The summed E-state index contributed by atoms with van der Waals surface area (Å²) in [6.07, 6.45) is 1.11. The van der Waals surface area contributed by atoms with E-state index >= 15 is 0 Å². The highest BCUT2D eigenvalue weighted by Crippen LogP contribution is 2.27. The average Bonchev–Trinajstić information content (AvgIpc) is 2.78. The summed E-state index contributed by atoms with van der Waals surface area (Å²) in [6, 6.07) is 10.9. The third-order valence-corrected chi connectivity index (χ3v) is 6.41. The maximum absolute atomic E-state index is 14.3. The van der Waals surface area contributed by atoms with E-state index in [9.17, 15) is 22.4 Å². The lowest BCUT2D eigenvalue weighted by molar-refractivity contribution is -0.148. The molecule has 0 heterocycles. The molecule has 0 saturated carbocycles. The largest absolute Gasteiger partial charge is 0.466 e. The third kappa shape index (κ3) is 11.4. The van der Waals surface area contributed by atoms with Crippen LogP contribution in [0.25, 0.3) is 11.1 Å². The first kappa shape index (κ1) is 31.5. The molecule has 0 saturated heterocycles. The van der Waals surface area contributed by atoms with Gasteiger partial charge >= 0.3 is 12.1 Å². The van der Waals surface area contributed by atoms with Crippen molar-refractivity contribution in [3.8, 4) is 11.1 Å². The Bertz CT molecular complexity index is 1200. The first-order chi connectivity index (χ1) is 17.7. The van der Waals surface area contributed by atoms with Crippen molar-refractivity contribution < 1.29 is 31.9 Å². The van der Waals surface area contributed by atoms with Crippen molar-refractivity contribution in [2.75, 3.05) is 19.4 Å². The Morgan fingerprint density at radius 1 is 1.11 bits per heavy atom. The molecule has 38 heavy (non-hydrogen) atoms. The Morgan fingerprint density at radius 2 is 1.76 bits per heavy atom. The Labute approximate surface area is 229 Å². The van der Waals surface area contributed by atoms with E-state index in [1.807, 2.05) is 12.1 Å². The van der Waals surface area contributed by atoms with Crippen LogP contribution in [0.15, 0.2) is 42.5 Å². The average molecular weight is 571 g/mol. The molecule has 0 aliphatic heterocycles. The van der Waals surface area contributed by atoms with Crippen molar-refractivity contribution in [2.24, 2.45) is 5.92 Å². The van der Waals surface area contributed by atoms with Crippen LogP contribution in [-0.4, -0.2) is 51.5 Å². The normalized spacial score (nSPS) is 13.4. The van der Waals surface area contributed by atoms with Crippen LogP contribution in [0.2, 0.25) is 5.02 Å². The Balaban J connectivity index is 2.26. The van der Waals surface area contributed by atoms with Gasteiger partial charge in [-0.3, -0.25) is 4.79 Å². The number of ether oxygens (including phenoxy) is 2. The number of esters is 1. The minimum Gasteiger partial charge on any atom is -0.466 e. The number of hydrogen-bond donors (Lipinski definition) is 2. The molecule has 0 bridgehead atoms. The van der Waals surface area contributed by atoms with Gasteiger partial charge in [-0.2, -0.15) is 0 Å². The first-order valence-electron chi connectivity index (χ1n) is 12.3. The van der Waals surface area contributed by atoms with Crippen molar-refractivity contribution >= 4 is 33.7 Å². The zero-order chi connectivity index (χ0) is 28.5. The van der Waals surface area contributed by atoms with Gasteiger partial charge in [-0.05, 0) is 76.3 Å². The van der Waals surface area contributed by atoms with E-state index in [1.165, 1.54) is 12.1 Å². The predicted molar refractivity (Wildman–Crippen MR) is 146 cm³/mol. The highest BCUT2D eigenvalue weighted by molar-refractivity contribution is 7.88. The monoisotopic (exact) mass is 570 g/mol. The fourth-order valence-electron chi connectivity index (χ4n) is 3.85. The molecule has 2 aromatic carbocycles. The van der Waals surface area contributed by atoms with Gasteiger partial charge in [0.25, 0.3) is 0 Å². The Hall–Kier alpha value is -2.69. The van der Waals surface area contributed by atoms with Crippen molar-refractivity contribution in [2.45, 2.75) is 58.6 Å². The fraction of sp³-hybridized carbons (Fsp3) is 0.481. The van der Waals surface area contributed by atoms with Gasteiger partial charge in [-0.25, -0.2) is 22.3 Å². The summed E-state index contributed by atoms with van der Waals surface area (Å²) in [5, 5.41) is 3.25. The maximum Gasteiger partial charge on any atom is 0.407 e. The van der Waals surface area contributed by atoms with Gasteiger partial charge in [0.05, 0.1) is 18.8 Å². The number of nitrogens with one attached hydrogen (secondary N) is 2. The summed E-state index contributed by atoms with van der Waals surface area (Å²) in [4.78, 5) is 25.3. The van der Waals surface area contributed by atoms with E-state index in [-0.39, 0.29) is 26.0 Å². The molecule has 0 aromatic heterocycles. The van der Waals surface area contributed by atoms with Gasteiger partial charge < -0.3 is 14.8 Å². The van der Waals surface area contributed by atoms with Gasteiger partial charge in [0.15, 0.2) is 0 Å². The lowest BCUT2D eigenvalue weighted by atomic mass is 9.92. The van der Waals surface area contributed by atoms with Crippen LogP contribution < -0.4 is 10.0 Å². The summed E-state index contributed by atoms with van der Waals surface area (Å²) in [6.45, 7) is 7.13. The number of halogens is 2. The van der Waals surface area contributed by atoms with E-state index in [1.54, 1.807) is 45.9 Å². The van der Waals surface area contributed by atoms with Crippen LogP contribution in [0.5, 0.6) is 0 Å². The minimum absolute atomic E-state index is 0.0430. The van der Waals surface area contributed by atoms with Gasteiger partial charge in [-0.1, -0.05) is 35.9 Å². The molecule has 0 fully saturated rings. The number of rotatable bonds is 12. The second-order valence-corrected chi connectivity index (χ2v) is 12.3. The predicted octanol–water partition coefficient (Wildman–Crippen LogP) is 5.09. The molecule has 2 aromatic rings. The lowest BCUT2D eigenvalue weighted by Crippen LogP contribution is -2.42. The number of benzene rings is 2. The van der Waals surface area contributed by atoms with Crippen molar-refractivity contribution in [3.05, 3.63) is 58.9 Å². The quantitative estimate of drug-likeness (QED) is 0.344. The first-order valence-corrected chi connectivity index (χ1v) is 14.6. The highest BCUT2D eigenvalue weighted by Gasteiger charge is 2.27. The fourth-order valence-corrected chi connectivity index (χ4v) is 4.51. The molecule has 0 aliphatic carbocycles. The summed E-state index contributed by atoms with van der Waals surface area (Å²) in [7, 11) is -3.43. The van der Waals surface area contributed by atoms with Crippen LogP contribution in [0.1, 0.15) is 46.1 Å². The number of sulfonamides is 1. The van der Waals surface area contributed by atoms with Gasteiger partial charge in [-0.15, -0.1) is 0 Å². The second kappa shape index (κ2) is 13.9. The molecular weight excluding hydrogens is 535 g/mol. The van der Waals surface area contributed by atoms with E-state index in [2.05, 4.69) is 10.0 Å². The Kier molecular flexibility index (Phi) is 11.5. The van der Waals surface area contributed by atoms with Crippen LogP contribution in [0, 0.1) is 11.7 Å². The summed E-state index contributed by atoms with van der Waals surface area (Å²) in [5.41, 5.74) is 1.11. The molecule has 11 heteroatoms. The molecule has 2 N–H and O–H groups in total. The Morgan fingerprint density at radius 3 is 2.34 bits per heavy atom. The van der Waals surface area contributed by atoms with Crippen molar-refractivity contribution in [1.82, 2.24) is 10.0 Å². The molecule has 0 radical (unpaired) electrons. The molecule has 0 spiro atoms. The third-order valence-electron chi connectivity index (χ3n) is 5.44. The molecular formula is C27H36ClFN2O6S. The number of carbonyl (C=O) groups is 2. The number of alkyl carbamates (subject to hydrolysis) is 1. The van der Waals surface area contributed by atoms with E-state index < -0.39 is 45.5 Å². The van der Waals surface area contributed by atoms with E-state index in [4.69, 9.17) is 21.1 Å². The molecule has 8 nitrogen and oxygen atoms in total. The van der Waals surface area contributed by atoms with E-state index in [0.717, 1.165) is 11.8 Å². The smallest absolute Gasteiger partial charge is 0.407 e. The summed E-state index contributed by atoms with van der Waals surface area (Å²) < 4.78 is 50.3. The highest BCUT2D eigenvalue weighted by atomic mass is 35.5. The number of hydrogen-bond acceptors (Lipinski definition) is 6. The molecule has 2 rings (SSSR count). The van der Waals surface area contributed by atoms with Crippen LogP contribution in [-0.2, 0) is 30.7 Å². The van der Waals surface area contributed by atoms with Gasteiger partial charge in [0, 0.05) is 23.2 Å². The molecule has 0 aliphatic rings. The maximum atomic E-state index is 14.3. The van der Waals surface area contributed by atoms with Crippen LogP contribution in [0.3, 0.4) is 0 Å². The van der Waals surface area contributed by atoms with Crippen molar-refractivity contribution in [3.63, 3.8) is 0 Å². The standard InChI is InChI=1S/C27H36ClFN2O6S/c1-6-36-25(32)20(13-14-30-38(5,34)35)16-22(31-26(33)37-27(2,3)4)15-18-7-9-19(10-8-18)23-17-21(28)11-12-24(23)29/h7-12,17,20,22,30H,6,13-16H2,1-5H3,(H,31,33)/t20-,22-/m1/s1. The molecule has 210 valence electrons. The lowest BCUT2D eigenvalue weighted by Gasteiger charge is -2.26. The summed E-state index contributed by atoms with van der Waals surface area (Å²) >= 11 is 6.02. The summed E-state index contributed by atoms with van der Waals surface area (Å²) in [5.74, 6) is -1.55. The second-order valence-electron chi connectivity index (χ2n) is 10.0. The topological polar surface area (TPSA) is 111 Å². The molecule has 2 atom stereocenters. The van der Waals surface area contributed by atoms with Crippen LogP contribution in [0.4, 0.5) is 9.18 Å². The minimum atomic E-state index is -3.43. The zero-order valence-electron chi connectivity index (χ0n) is 22.3. The van der Waals surface area contributed by atoms with Crippen LogP contribution >= 0.6 is 11.6 Å². The molecule has 0 unspecified atom stereocenters. The van der Waals surface area contributed by atoms with E-state index in [0.29, 0.717) is 22.6 Å². The van der Waals surface area contributed by atoms with Crippen molar-refractivity contribution in [1.29, 1.82) is 0 Å². The number of amides is 1. The molecule has 1 amide bonds. The number of carbonyl (C=O) groups excluding carboxylic acids is 2.